The summed E-state index contributed by atoms with van der Waals surface area (Å²) < 4.78 is 2.08. The monoisotopic (exact) mass is 325 g/mol. The number of nitrogens with zero attached hydrogens (tertiary/aromatic N) is 5. The van der Waals surface area contributed by atoms with Gasteiger partial charge in [0.05, 0.1) is 5.41 Å². The predicted octanol–water partition coefficient (Wildman–Crippen LogP) is 1.60. The first-order valence-corrected chi connectivity index (χ1v) is 8.56. The Hall–Kier alpha value is -2.21. The molecule has 0 unspecified atom stereocenters. The van der Waals surface area contributed by atoms with E-state index in [9.17, 15) is 4.79 Å². The number of likely N-dealkylation sites (N-methyl/N-ethyl adjacent to an activating group) is 1. The summed E-state index contributed by atoms with van der Waals surface area (Å²) in [6, 6.07) is 8.25. The zero-order valence-corrected chi connectivity index (χ0v) is 14.3. The van der Waals surface area contributed by atoms with E-state index in [1.54, 1.807) is 6.33 Å². The average molecular weight is 325 g/mol. The Morgan fingerprint density at radius 3 is 2.62 bits per heavy atom. The molecule has 0 aliphatic carbocycles. The highest BCUT2D eigenvalue weighted by atomic mass is 16.2. The minimum Gasteiger partial charge on any atom is -0.317 e. The molecule has 1 aromatic carbocycles. The first-order valence-electron chi connectivity index (χ1n) is 8.56. The predicted molar refractivity (Wildman–Crippen MR) is 92.0 cm³/mol. The number of carbonyl (C=O) groups excluding carboxylic acids is 1. The Kier molecular flexibility index (Phi) is 3.64. The molecule has 1 spiro atoms. The Morgan fingerprint density at radius 2 is 1.92 bits per heavy atom. The smallest absolute Gasteiger partial charge is 0.237 e. The van der Waals surface area contributed by atoms with Gasteiger partial charge in [-0.3, -0.25) is 4.79 Å². The number of hydrogen-bond acceptors (Lipinski definition) is 4. The summed E-state index contributed by atoms with van der Waals surface area (Å²) in [5.41, 5.74) is 1.98. The SMILES string of the molecule is Cc1nncn1CCN1CCC2(CC1)C(=O)N(C)c1ccccc12. The summed E-state index contributed by atoms with van der Waals surface area (Å²) in [7, 11) is 1.90. The van der Waals surface area contributed by atoms with Crippen LogP contribution < -0.4 is 4.90 Å². The highest BCUT2D eigenvalue weighted by Crippen LogP contribution is 2.47. The summed E-state index contributed by atoms with van der Waals surface area (Å²) in [4.78, 5) is 17.2. The van der Waals surface area contributed by atoms with Crippen LogP contribution in [0.5, 0.6) is 0 Å². The third-order valence-electron chi connectivity index (χ3n) is 5.67. The van der Waals surface area contributed by atoms with Gasteiger partial charge in [0, 0.05) is 25.8 Å². The number of carbonyl (C=O) groups is 1. The van der Waals surface area contributed by atoms with Crippen LogP contribution in [0.1, 0.15) is 24.2 Å². The summed E-state index contributed by atoms with van der Waals surface area (Å²) in [5, 5.41) is 7.96. The molecule has 126 valence electrons. The molecule has 3 heterocycles. The Balaban J connectivity index is 1.46. The van der Waals surface area contributed by atoms with Gasteiger partial charge >= 0.3 is 0 Å². The van der Waals surface area contributed by atoms with Crippen LogP contribution in [0.15, 0.2) is 30.6 Å². The molecule has 0 radical (unpaired) electrons. The molecule has 1 saturated heterocycles. The molecule has 24 heavy (non-hydrogen) atoms. The standard InChI is InChI=1S/C18H23N5O/c1-14-20-19-13-23(14)12-11-22-9-7-18(8-10-22)15-5-3-4-6-16(15)21(2)17(18)24/h3-6,13H,7-12H2,1-2H3. The Morgan fingerprint density at radius 1 is 1.17 bits per heavy atom. The van der Waals surface area contributed by atoms with Gasteiger partial charge in [0.15, 0.2) is 0 Å². The number of piperidine rings is 1. The van der Waals surface area contributed by atoms with Crippen LogP contribution in [-0.2, 0) is 16.8 Å². The third-order valence-corrected chi connectivity index (χ3v) is 5.67. The van der Waals surface area contributed by atoms with E-state index in [2.05, 4.69) is 31.8 Å². The quantitative estimate of drug-likeness (QED) is 0.860. The topological polar surface area (TPSA) is 54.3 Å². The van der Waals surface area contributed by atoms with E-state index in [4.69, 9.17) is 0 Å². The van der Waals surface area contributed by atoms with Crippen LogP contribution in [0, 0.1) is 6.92 Å². The van der Waals surface area contributed by atoms with Crippen molar-refractivity contribution in [1.29, 1.82) is 0 Å². The van der Waals surface area contributed by atoms with Crippen LogP contribution in [0.2, 0.25) is 0 Å². The molecule has 4 rings (SSSR count). The average Bonchev–Trinajstić information content (AvgIpc) is 3.11. The van der Waals surface area contributed by atoms with Crippen molar-refractivity contribution >= 4 is 11.6 Å². The summed E-state index contributed by atoms with van der Waals surface area (Å²) in [5.74, 6) is 1.21. The number of aryl methyl sites for hydroxylation is 1. The second-order valence-corrected chi connectivity index (χ2v) is 6.88. The highest BCUT2D eigenvalue weighted by molar-refractivity contribution is 6.07. The number of anilines is 1. The lowest BCUT2D eigenvalue weighted by molar-refractivity contribution is -0.124. The molecule has 0 N–H and O–H groups in total. The molecule has 2 aliphatic rings. The summed E-state index contributed by atoms with van der Waals surface area (Å²) in [6.07, 6.45) is 3.58. The molecule has 0 saturated carbocycles. The first-order chi connectivity index (χ1) is 11.6. The zero-order chi connectivity index (χ0) is 16.7. The Bertz CT molecular complexity index is 760. The van der Waals surface area contributed by atoms with E-state index >= 15 is 0 Å². The van der Waals surface area contributed by atoms with E-state index in [0.717, 1.165) is 50.5 Å². The van der Waals surface area contributed by atoms with Gasteiger partial charge in [-0.2, -0.15) is 0 Å². The number of hydrogen-bond donors (Lipinski definition) is 0. The second kappa shape index (κ2) is 5.70. The van der Waals surface area contributed by atoms with Gasteiger partial charge in [0.2, 0.25) is 5.91 Å². The maximum Gasteiger partial charge on any atom is 0.237 e. The van der Waals surface area contributed by atoms with Crippen molar-refractivity contribution in [2.75, 3.05) is 31.6 Å². The van der Waals surface area contributed by atoms with Gasteiger partial charge in [-0.05, 0) is 44.5 Å². The summed E-state index contributed by atoms with van der Waals surface area (Å²) >= 11 is 0. The van der Waals surface area contributed by atoms with Gasteiger partial charge in [-0.1, -0.05) is 18.2 Å². The van der Waals surface area contributed by atoms with E-state index in [1.165, 1.54) is 5.56 Å². The van der Waals surface area contributed by atoms with Gasteiger partial charge < -0.3 is 14.4 Å². The molecule has 0 bridgehead atoms. The van der Waals surface area contributed by atoms with Crippen molar-refractivity contribution in [2.45, 2.75) is 31.7 Å². The Labute approximate surface area is 142 Å². The van der Waals surface area contributed by atoms with Crippen LogP contribution in [0.25, 0.3) is 0 Å². The van der Waals surface area contributed by atoms with Crippen LogP contribution >= 0.6 is 0 Å². The molecular weight excluding hydrogens is 302 g/mol. The van der Waals surface area contributed by atoms with Crippen LogP contribution in [0.4, 0.5) is 5.69 Å². The van der Waals surface area contributed by atoms with E-state index in [0.29, 0.717) is 0 Å². The van der Waals surface area contributed by atoms with Crippen molar-refractivity contribution in [3.8, 4) is 0 Å². The fraction of sp³-hybridized carbons (Fsp3) is 0.500. The molecule has 2 aromatic rings. The number of aromatic nitrogens is 3. The van der Waals surface area contributed by atoms with Crippen LogP contribution in [0.3, 0.4) is 0 Å². The molecular formula is C18H23N5O. The minimum absolute atomic E-state index is 0.262. The van der Waals surface area contributed by atoms with Crippen molar-refractivity contribution in [1.82, 2.24) is 19.7 Å². The number of benzene rings is 1. The summed E-state index contributed by atoms with van der Waals surface area (Å²) in [6.45, 7) is 5.75. The normalized spacial score (nSPS) is 19.9. The third kappa shape index (κ3) is 2.24. The number of likely N-dealkylation sites (tertiary alicyclic amines) is 1. The molecule has 1 amide bonds. The fourth-order valence-electron chi connectivity index (χ4n) is 4.14. The number of fused-ring (bicyclic) bond motifs is 2. The molecule has 6 heteroatoms. The van der Waals surface area contributed by atoms with Crippen molar-refractivity contribution < 1.29 is 4.79 Å². The zero-order valence-electron chi connectivity index (χ0n) is 14.3. The van der Waals surface area contributed by atoms with E-state index < -0.39 is 0 Å². The number of amides is 1. The molecule has 0 atom stereocenters. The van der Waals surface area contributed by atoms with Gasteiger partial charge in [-0.25, -0.2) is 0 Å². The van der Waals surface area contributed by atoms with E-state index in [-0.39, 0.29) is 11.3 Å². The molecule has 2 aliphatic heterocycles. The minimum atomic E-state index is -0.311. The molecule has 1 fully saturated rings. The van der Waals surface area contributed by atoms with Gasteiger partial charge in [0.1, 0.15) is 12.2 Å². The van der Waals surface area contributed by atoms with Gasteiger partial charge in [0.25, 0.3) is 0 Å². The number of rotatable bonds is 3. The van der Waals surface area contributed by atoms with Gasteiger partial charge in [-0.15, -0.1) is 10.2 Å². The highest BCUT2D eigenvalue weighted by Gasteiger charge is 2.50. The number of para-hydroxylation sites is 1. The first kappa shape index (κ1) is 15.3. The maximum absolute atomic E-state index is 12.9. The second-order valence-electron chi connectivity index (χ2n) is 6.88. The van der Waals surface area contributed by atoms with Crippen LogP contribution in [-0.4, -0.2) is 52.3 Å². The molecule has 1 aromatic heterocycles. The lowest BCUT2D eigenvalue weighted by Crippen LogP contribution is -2.48. The van der Waals surface area contributed by atoms with E-state index in [1.807, 2.05) is 31.0 Å². The lowest BCUT2D eigenvalue weighted by atomic mass is 9.73. The van der Waals surface area contributed by atoms with Crippen molar-refractivity contribution in [3.63, 3.8) is 0 Å². The van der Waals surface area contributed by atoms with Crippen molar-refractivity contribution in [3.05, 3.63) is 42.0 Å². The molecule has 6 nitrogen and oxygen atoms in total. The largest absolute Gasteiger partial charge is 0.317 e. The maximum atomic E-state index is 12.9. The van der Waals surface area contributed by atoms with Crippen molar-refractivity contribution in [2.24, 2.45) is 0 Å². The fourth-order valence-corrected chi connectivity index (χ4v) is 4.14. The lowest BCUT2D eigenvalue weighted by Gasteiger charge is -2.38.